The van der Waals surface area contributed by atoms with Crippen molar-refractivity contribution in [2.45, 2.75) is 10.9 Å². The van der Waals surface area contributed by atoms with E-state index in [0.717, 1.165) is 23.8 Å². The molecule has 0 aliphatic rings. The van der Waals surface area contributed by atoms with Gasteiger partial charge in [0.05, 0.1) is 10.5 Å². The summed E-state index contributed by atoms with van der Waals surface area (Å²) >= 11 is 0. The maximum absolute atomic E-state index is 13.2. The van der Waals surface area contributed by atoms with Crippen LogP contribution in [0.4, 0.5) is 4.39 Å². The molecule has 2 aromatic rings. The minimum Gasteiger partial charge on any atom is -0.323 e. The second-order valence-electron chi connectivity index (χ2n) is 4.62. The van der Waals surface area contributed by atoms with Crippen molar-refractivity contribution in [2.24, 2.45) is 5.73 Å². The number of halogens is 2. The molecule has 5 nitrogen and oxygen atoms in total. The van der Waals surface area contributed by atoms with Crippen LogP contribution in [-0.4, -0.2) is 15.0 Å². The summed E-state index contributed by atoms with van der Waals surface area (Å²) in [6, 6.07) is 13.2. The lowest BCUT2D eigenvalue weighted by Crippen LogP contribution is -2.32. The lowest BCUT2D eigenvalue weighted by Gasteiger charge is -2.13. The van der Waals surface area contributed by atoms with Crippen molar-refractivity contribution in [1.29, 1.82) is 5.26 Å². The molecular weight excluding hydrogens is 341 g/mol. The minimum absolute atomic E-state index is 0. The molecule has 0 amide bonds. The van der Waals surface area contributed by atoms with Crippen LogP contribution in [0.3, 0.4) is 0 Å². The van der Waals surface area contributed by atoms with Crippen molar-refractivity contribution >= 4 is 22.4 Å². The van der Waals surface area contributed by atoms with Gasteiger partial charge in [-0.25, -0.2) is 17.5 Å². The Morgan fingerprint density at radius 3 is 2.48 bits per heavy atom. The van der Waals surface area contributed by atoms with E-state index in [-0.39, 0.29) is 29.4 Å². The Hall–Kier alpha value is -1.98. The number of rotatable bonds is 5. The molecular formula is C15H15ClFN3O2S. The molecule has 122 valence electrons. The van der Waals surface area contributed by atoms with Gasteiger partial charge in [-0.1, -0.05) is 30.3 Å². The van der Waals surface area contributed by atoms with Crippen LogP contribution in [0.25, 0.3) is 0 Å². The lowest BCUT2D eigenvalue weighted by atomic mass is 10.1. The Morgan fingerprint density at radius 2 is 1.87 bits per heavy atom. The number of nitrogens with two attached hydrogens (primary N) is 1. The van der Waals surface area contributed by atoms with Crippen molar-refractivity contribution in [3.63, 3.8) is 0 Å². The fourth-order valence-corrected chi connectivity index (χ4v) is 2.94. The van der Waals surface area contributed by atoms with E-state index in [0.29, 0.717) is 0 Å². The van der Waals surface area contributed by atoms with Crippen molar-refractivity contribution < 1.29 is 12.8 Å². The molecule has 2 rings (SSSR count). The third-order valence-electron chi connectivity index (χ3n) is 3.09. The van der Waals surface area contributed by atoms with E-state index >= 15 is 0 Å². The quantitative estimate of drug-likeness (QED) is 0.858. The van der Waals surface area contributed by atoms with Gasteiger partial charge in [-0.15, -0.1) is 12.4 Å². The summed E-state index contributed by atoms with van der Waals surface area (Å²) in [4.78, 5) is -0.175. The van der Waals surface area contributed by atoms with Gasteiger partial charge in [0, 0.05) is 12.6 Å². The Bertz CT molecular complexity index is 807. The van der Waals surface area contributed by atoms with E-state index in [1.807, 2.05) is 18.2 Å². The van der Waals surface area contributed by atoms with Crippen LogP contribution >= 0.6 is 12.4 Å². The summed E-state index contributed by atoms with van der Waals surface area (Å²) in [5.41, 5.74) is 6.39. The SMILES string of the molecule is Cl.N#Cc1cc(S(=O)(=O)NCC(N)c2ccccc2)ccc1F. The van der Waals surface area contributed by atoms with Crippen LogP contribution in [0.1, 0.15) is 17.2 Å². The molecule has 0 radical (unpaired) electrons. The standard InChI is InChI=1S/C15H14FN3O2S.ClH/c16-14-7-6-13(8-12(14)9-17)22(20,21)19-10-15(18)11-4-2-1-3-5-11;/h1-8,15,19H,10,18H2;1H. The Morgan fingerprint density at radius 1 is 1.22 bits per heavy atom. The van der Waals surface area contributed by atoms with Gasteiger partial charge in [0.2, 0.25) is 10.0 Å². The molecule has 1 atom stereocenters. The predicted octanol–water partition coefficient (Wildman–Crippen LogP) is 2.10. The van der Waals surface area contributed by atoms with Crippen molar-refractivity contribution in [3.8, 4) is 6.07 Å². The first kappa shape index (κ1) is 19.1. The van der Waals surface area contributed by atoms with Crippen LogP contribution in [-0.2, 0) is 10.0 Å². The summed E-state index contributed by atoms with van der Waals surface area (Å²) in [7, 11) is -3.86. The highest BCUT2D eigenvalue weighted by Gasteiger charge is 2.17. The second kappa shape index (κ2) is 8.04. The molecule has 0 saturated carbocycles. The largest absolute Gasteiger partial charge is 0.323 e. The van der Waals surface area contributed by atoms with E-state index < -0.39 is 21.9 Å². The number of benzene rings is 2. The molecule has 2 aromatic carbocycles. The molecule has 0 aliphatic carbocycles. The summed E-state index contributed by atoms with van der Waals surface area (Å²) in [6.45, 7) is -0.00832. The monoisotopic (exact) mass is 355 g/mol. The van der Waals surface area contributed by atoms with Gasteiger partial charge >= 0.3 is 0 Å². The van der Waals surface area contributed by atoms with Crippen molar-refractivity contribution in [1.82, 2.24) is 4.72 Å². The molecule has 1 unspecified atom stereocenters. The zero-order valence-electron chi connectivity index (χ0n) is 11.9. The average molecular weight is 356 g/mol. The smallest absolute Gasteiger partial charge is 0.240 e. The molecule has 0 bridgehead atoms. The normalized spacial score (nSPS) is 12.0. The zero-order chi connectivity index (χ0) is 16.2. The maximum atomic E-state index is 13.2. The third kappa shape index (κ3) is 4.74. The molecule has 0 fully saturated rings. The highest BCUT2D eigenvalue weighted by atomic mass is 35.5. The summed E-state index contributed by atoms with van der Waals surface area (Å²) in [5.74, 6) is -0.762. The summed E-state index contributed by atoms with van der Waals surface area (Å²) < 4.78 is 39.9. The van der Waals surface area contributed by atoms with Crippen LogP contribution in [0.2, 0.25) is 0 Å². The molecule has 3 N–H and O–H groups in total. The first-order valence-electron chi connectivity index (χ1n) is 6.44. The van der Waals surface area contributed by atoms with Crippen LogP contribution < -0.4 is 10.5 Å². The summed E-state index contributed by atoms with van der Waals surface area (Å²) in [6.07, 6.45) is 0. The van der Waals surface area contributed by atoms with Gasteiger partial charge in [-0.2, -0.15) is 5.26 Å². The van der Waals surface area contributed by atoms with Crippen molar-refractivity contribution in [3.05, 3.63) is 65.5 Å². The topological polar surface area (TPSA) is 96.0 Å². The van der Waals surface area contributed by atoms with E-state index in [4.69, 9.17) is 11.0 Å². The number of nitrogens with zero attached hydrogens (tertiary/aromatic N) is 1. The van der Waals surface area contributed by atoms with Gasteiger partial charge < -0.3 is 5.73 Å². The minimum atomic E-state index is -3.86. The fraction of sp³-hybridized carbons (Fsp3) is 0.133. The summed E-state index contributed by atoms with van der Waals surface area (Å²) in [5, 5.41) is 8.75. The Labute approximate surface area is 140 Å². The average Bonchev–Trinajstić information content (AvgIpc) is 2.53. The molecule has 0 spiro atoms. The van der Waals surface area contributed by atoms with Gasteiger partial charge in [0.15, 0.2) is 0 Å². The number of nitrogens with one attached hydrogen (secondary N) is 1. The van der Waals surface area contributed by atoms with Crippen molar-refractivity contribution in [2.75, 3.05) is 6.54 Å². The van der Waals surface area contributed by atoms with Gasteiger partial charge in [0.1, 0.15) is 11.9 Å². The zero-order valence-corrected chi connectivity index (χ0v) is 13.6. The molecule has 23 heavy (non-hydrogen) atoms. The highest BCUT2D eigenvalue weighted by Crippen LogP contribution is 2.15. The lowest BCUT2D eigenvalue weighted by molar-refractivity contribution is 0.571. The predicted molar refractivity (Wildman–Crippen MR) is 86.9 cm³/mol. The van der Waals surface area contributed by atoms with E-state index in [1.54, 1.807) is 18.2 Å². The third-order valence-corrected chi connectivity index (χ3v) is 4.51. The van der Waals surface area contributed by atoms with E-state index in [9.17, 15) is 12.8 Å². The van der Waals surface area contributed by atoms with E-state index in [1.165, 1.54) is 0 Å². The number of nitriles is 1. The van der Waals surface area contributed by atoms with Gasteiger partial charge in [-0.3, -0.25) is 0 Å². The van der Waals surface area contributed by atoms with E-state index in [2.05, 4.69) is 4.72 Å². The Balaban J connectivity index is 0.00000264. The maximum Gasteiger partial charge on any atom is 0.240 e. The van der Waals surface area contributed by atoms with Crippen LogP contribution in [0.5, 0.6) is 0 Å². The van der Waals surface area contributed by atoms with Gasteiger partial charge in [-0.05, 0) is 23.8 Å². The Kier molecular flexibility index (Phi) is 6.66. The second-order valence-corrected chi connectivity index (χ2v) is 6.39. The fourth-order valence-electron chi connectivity index (χ4n) is 1.86. The molecule has 0 aromatic heterocycles. The number of hydrogen-bond donors (Lipinski definition) is 2. The first-order chi connectivity index (χ1) is 10.4. The molecule has 0 heterocycles. The molecule has 8 heteroatoms. The van der Waals surface area contributed by atoms with Crippen LogP contribution in [0.15, 0.2) is 53.4 Å². The number of sulfonamides is 1. The van der Waals surface area contributed by atoms with Crippen LogP contribution in [0, 0.1) is 17.1 Å². The number of hydrogen-bond acceptors (Lipinski definition) is 4. The first-order valence-corrected chi connectivity index (χ1v) is 7.92. The molecule has 0 saturated heterocycles. The van der Waals surface area contributed by atoms with Gasteiger partial charge in [0.25, 0.3) is 0 Å². The highest BCUT2D eigenvalue weighted by molar-refractivity contribution is 7.89. The molecule has 0 aliphatic heterocycles.